The number of esters is 1. The third kappa shape index (κ3) is 5.98. The minimum atomic E-state index is -0.694. The Morgan fingerprint density at radius 2 is 1.82 bits per heavy atom. The van der Waals surface area contributed by atoms with Gasteiger partial charge in [0.2, 0.25) is 0 Å². The van der Waals surface area contributed by atoms with Gasteiger partial charge in [-0.3, -0.25) is 4.79 Å². The first-order chi connectivity index (χ1) is 18.4. The maximum Gasteiger partial charge on any atom is 0.347 e. The lowest BCUT2D eigenvalue weighted by molar-refractivity contribution is -0.150. The van der Waals surface area contributed by atoms with Crippen molar-refractivity contribution in [2.24, 2.45) is 5.10 Å². The van der Waals surface area contributed by atoms with E-state index in [0.717, 1.165) is 27.1 Å². The summed E-state index contributed by atoms with van der Waals surface area (Å²) < 4.78 is 15.0. The van der Waals surface area contributed by atoms with Gasteiger partial charge < -0.3 is 14.0 Å². The first-order valence-corrected chi connectivity index (χ1v) is 13.6. The molecule has 0 amide bonds. The second-order valence-corrected chi connectivity index (χ2v) is 11.3. The number of aryl methyl sites for hydroxylation is 1. The van der Waals surface area contributed by atoms with Crippen molar-refractivity contribution in [2.75, 3.05) is 6.61 Å². The second kappa shape index (κ2) is 11.2. The zero-order valence-electron chi connectivity index (χ0n) is 23.3. The molecule has 2 aromatic carbocycles. The molecule has 0 aliphatic heterocycles. The molecule has 0 spiro atoms. The minimum absolute atomic E-state index is 0.219. The van der Waals surface area contributed by atoms with Gasteiger partial charge in [0.15, 0.2) is 6.10 Å². The summed E-state index contributed by atoms with van der Waals surface area (Å²) in [5, 5.41) is 5.13. The number of aromatic nitrogens is 3. The average Bonchev–Trinajstić information content (AvgIpc) is 3.16. The number of carbonyl (C=O) groups is 1. The number of carbonyl (C=O) groups excluding carboxylic acids is 1. The van der Waals surface area contributed by atoms with E-state index in [1.54, 1.807) is 26.1 Å². The van der Waals surface area contributed by atoms with Gasteiger partial charge in [-0.1, -0.05) is 36.7 Å². The summed E-state index contributed by atoms with van der Waals surface area (Å²) in [6.45, 7) is 13.8. The minimum Gasteiger partial charge on any atom is -0.479 e. The summed E-state index contributed by atoms with van der Waals surface area (Å²) >= 11 is 3.45. The van der Waals surface area contributed by atoms with Gasteiger partial charge in [0.25, 0.3) is 5.56 Å². The summed E-state index contributed by atoms with van der Waals surface area (Å²) in [5.41, 5.74) is 3.81. The molecule has 9 heteroatoms. The van der Waals surface area contributed by atoms with E-state index < -0.39 is 17.5 Å². The van der Waals surface area contributed by atoms with Crippen molar-refractivity contribution in [1.29, 1.82) is 0 Å². The molecule has 4 aromatic rings. The van der Waals surface area contributed by atoms with Crippen molar-refractivity contribution in [2.45, 2.75) is 60.0 Å². The zero-order valence-corrected chi connectivity index (χ0v) is 24.9. The van der Waals surface area contributed by atoms with Crippen molar-refractivity contribution >= 4 is 39.0 Å². The number of halogens is 1. The summed E-state index contributed by atoms with van der Waals surface area (Å²) in [5.74, 6) is 0.763. The lowest BCUT2D eigenvalue weighted by Gasteiger charge is -2.20. The number of hydrogen-bond acceptors (Lipinski definition) is 6. The number of fused-ring (bicyclic) bond motifs is 1. The molecule has 0 aliphatic rings. The van der Waals surface area contributed by atoms with Crippen LogP contribution in [0.15, 0.2) is 62.9 Å². The second-order valence-electron chi connectivity index (χ2n) is 10.4. The molecule has 0 radical (unpaired) electrons. The van der Waals surface area contributed by atoms with Crippen LogP contribution < -0.4 is 10.3 Å². The maximum atomic E-state index is 13.5. The van der Waals surface area contributed by atoms with Gasteiger partial charge >= 0.3 is 5.97 Å². The van der Waals surface area contributed by atoms with Crippen LogP contribution in [0.1, 0.15) is 57.4 Å². The normalized spacial score (nSPS) is 12.7. The van der Waals surface area contributed by atoms with Gasteiger partial charge in [-0.05, 0) is 76.2 Å². The average molecular weight is 594 g/mol. The molecule has 0 N–H and O–H groups in total. The molecule has 8 nitrogen and oxygen atoms in total. The standard InChI is InChI=1S/C30H33BrN4O4/c1-8-38-28(37)20(4)39-24-12-10-23(11-13-24)34-18(2)15-21(19(34)3)17-32-35-27(36)25-16-22(31)9-14-26(25)33-29(35)30(5,6)7/h9-17,20H,8H2,1-7H3/t20-/m0/s1. The Balaban J connectivity index is 1.68. The molecule has 0 bridgehead atoms. The molecule has 1 atom stereocenters. The smallest absolute Gasteiger partial charge is 0.347 e. The quantitative estimate of drug-likeness (QED) is 0.192. The number of rotatable bonds is 7. The van der Waals surface area contributed by atoms with Gasteiger partial charge in [0.1, 0.15) is 11.6 Å². The van der Waals surface area contributed by atoms with E-state index in [1.807, 2.05) is 77.1 Å². The largest absolute Gasteiger partial charge is 0.479 e. The Kier molecular flexibility index (Phi) is 8.11. The van der Waals surface area contributed by atoms with Crippen molar-refractivity contribution in [1.82, 2.24) is 14.2 Å². The fraction of sp³-hybridized carbons (Fsp3) is 0.333. The highest BCUT2D eigenvalue weighted by atomic mass is 79.9. The Bertz CT molecular complexity index is 1610. The molecular formula is C30H33BrN4O4. The van der Waals surface area contributed by atoms with E-state index >= 15 is 0 Å². The van der Waals surface area contributed by atoms with Crippen LogP contribution in [0.3, 0.4) is 0 Å². The maximum absolute atomic E-state index is 13.5. The topological polar surface area (TPSA) is 87.7 Å². The van der Waals surface area contributed by atoms with E-state index in [2.05, 4.69) is 25.6 Å². The van der Waals surface area contributed by atoms with E-state index in [1.165, 1.54) is 4.68 Å². The van der Waals surface area contributed by atoms with Gasteiger partial charge in [-0.2, -0.15) is 9.78 Å². The van der Waals surface area contributed by atoms with Crippen LogP contribution in [0, 0.1) is 13.8 Å². The highest BCUT2D eigenvalue weighted by Crippen LogP contribution is 2.25. The molecule has 39 heavy (non-hydrogen) atoms. The highest BCUT2D eigenvalue weighted by Gasteiger charge is 2.23. The SMILES string of the molecule is CCOC(=O)[C@H](C)Oc1ccc(-n2c(C)cc(C=Nn3c(C(C)(C)C)nc4ccc(Br)cc4c3=O)c2C)cc1. The van der Waals surface area contributed by atoms with Crippen molar-refractivity contribution < 1.29 is 14.3 Å². The molecule has 0 saturated carbocycles. The third-order valence-corrected chi connectivity index (χ3v) is 6.78. The van der Waals surface area contributed by atoms with E-state index in [0.29, 0.717) is 29.1 Å². The fourth-order valence-electron chi connectivity index (χ4n) is 4.36. The molecule has 0 fully saturated rings. The van der Waals surface area contributed by atoms with Crippen molar-refractivity contribution in [3.8, 4) is 11.4 Å². The van der Waals surface area contributed by atoms with Gasteiger partial charge in [-0.15, -0.1) is 0 Å². The van der Waals surface area contributed by atoms with Crippen LogP contribution in [-0.2, 0) is 14.9 Å². The molecule has 2 heterocycles. The predicted octanol–water partition coefficient (Wildman–Crippen LogP) is 6.08. The van der Waals surface area contributed by atoms with Crippen LogP contribution in [0.5, 0.6) is 5.75 Å². The van der Waals surface area contributed by atoms with Crippen LogP contribution in [0.4, 0.5) is 0 Å². The zero-order chi connectivity index (χ0) is 28.5. The van der Waals surface area contributed by atoms with Crippen molar-refractivity contribution in [3.05, 3.63) is 86.1 Å². The Labute approximate surface area is 236 Å². The van der Waals surface area contributed by atoms with Crippen LogP contribution in [0.25, 0.3) is 16.6 Å². The Morgan fingerprint density at radius 1 is 1.13 bits per heavy atom. The van der Waals surface area contributed by atoms with Crippen molar-refractivity contribution in [3.63, 3.8) is 0 Å². The number of hydrogen-bond donors (Lipinski definition) is 0. The lowest BCUT2D eigenvalue weighted by atomic mass is 9.95. The number of ether oxygens (including phenoxy) is 2. The number of nitrogens with zero attached hydrogens (tertiary/aromatic N) is 4. The fourth-order valence-corrected chi connectivity index (χ4v) is 4.72. The van der Waals surface area contributed by atoms with E-state index in [9.17, 15) is 9.59 Å². The molecule has 204 valence electrons. The predicted molar refractivity (Wildman–Crippen MR) is 157 cm³/mol. The number of benzene rings is 2. The first kappa shape index (κ1) is 28.3. The summed E-state index contributed by atoms with van der Waals surface area (Å²) in [6, 6.07) is 15.0. The summed E-state index contributed by atoms with van der Waals surface area (Å²) in [7, 11) is 0. The Morgan fingerprint density at radius 3 is 2.46 bits per heavy atom. The van der Waals surface area contributed by atoms with Crippen LogP contribution in [0.2, 0.25) is 0 Å². The summed E-state index contributed by atoms with van der Waals surface area (Å²) in [4.78, 5) is 30.1. The Hall–Kier alpha value is -3.72. The van der Waals surface area contributed by atoms with Crippen LogP contribution in [-0.4, -0.2) is 39.1 Å². The first-order valence-electron chi connectivity index (χ1n) is 12.8. The molecule has 0 aliphatic carbocycles. The molecule has 0 unspecified atom stereocenters. The third-order valence-electron chi connectivity index (χ3n) is 6.29. The molecule has 0 saturated heterocycles. The lowest BCUT2D eigenvalue weighted by Crippen LogP contribution is -2.29. The molecule has 2 aromatic heterocycles. The highest BCUT2D eigenvalue weighted by molar-refractivity contribution is 9.10. The monoisotopic (exact) mass is 592 g/mol. The molecular weight excluding hydrogens is 560 g/mol. The van der Waals surface area contributed by atoms with Gasteiger partial charge in [-0.25, -0.2) is 9.78 Å². The van der Waals surface area contributed by atoms with Gasteiger partial charge in [0, 0.05) is 32.5 Å². The molecule has 4 rings (SSSR count). The van der Waals surface area contributed by atoms with Crippen LogP contribution >= 0.6 is 15.9 Å². The van der Waals surface area contributed by atoms with E-state index in [4.69, 9.17) is 14.5 Å². The summed E-state index contributed by atoms with van der Waals surface area (Å²) in [6.07, 6.45) is 1.01. The van der Waals surface area contributed by atoms with Gasteiger partial charge in [0.05, 0.1) is 23.7 Å². The van der Waals surface area contributed by atoms with E-state index in [-0.39, 0.29) is 5.56 Å².